The van der Waals surface area contributed by atoms with E-state index in [2.05, 4.69) is 20.3 Å². The standard InChI is InChI=1S/C18H17N5O/c1-10-15(9-21-18(19)22-10)13-5-4-12-7-16(20-8-14(12)6-13)23-17(24)11-2-3-11/h4-9,11H,2-3H2,1H3,(H2,19,21,22)(H,20,23,24). The molecule has 1 aliphatic rings. The summed E-state index contributed by atoms with van der Waals surface area (Å²) in [5.74, 6) is 1.10. The molecule has 2 heterocycles. The van der Waals surface area contributed by atoms with Crippen molar-refractivity contribution in [2.24, 2.45) is 5.92 Å². The van der Waals surface area contributed by atoms with E-state index in [1.54, 1.807) is 12.4 Å². The minimum Gasteiger partial charge on any atom is -0.368 e. The molecule has 1 fully saturated rings. The highest BCUT2D eigenvalue weighted by Gasteiger charge is 2.29. The lowest BCUT2D eigenvalue weighted by Gasteiger charge is -2.08. The summed E-state index contributed by atoms with van der Waals surface area (Å²) in [7, 11) is 0. The summed E-state index contributed by atoms with van der Waals surface area (Å²) in [5, 5.41) is 4.89. The van der Waals surface area contributed by atoms with Crippen LogP contribution >= 0.6 is 0 Å². The normalized spacial score (nSPS) is 13.9. The fraction of sp³-hybridized carbons (Fsp3) is 0.222. The topological polar surface area (TPSA) is 93.8 Å². The average molecular weight is 319 g/mol. The number of aromatic nitrogens is 3. The SMILES string of the molecule is Cc1nc(N)ncc1-c1ccc2cc(NC(=O)C3CC3)ncc2c1. The monoisotopic (exact) mass is 319 g/mol. The minimum atomic E-state index is 0.0631. The van der Waals surface area contributed by atoms with E-state index in [0.29, 0.717) is 5.82 Å². The van der Waals surface area contributed by atoms with Crippen LogP contribution in [0.5, 0.6) is 0 Å². The van der Waals surface area contributed by atoms with Gasteiger partial charge in [0.05, 0.1) is 5.69 Å². The number of hydrogen-bond donors (Lipinski definition) is 2. The van der Waals surface area contributed by atoms with Crippen molar-refractivity contribution in [3.05, 3.63) is 42.4 Å². The van der Waals surface area contributed by atoms with Gasteiger partial charge < -0.3 is 11.1 Å². The van der Waals surface area contributed by atoms with Crippen LogP contribution in [0.1, 0.15) is 18.5 Å². The van der Waals surface area contributed by atoms with E-state index < -0.39 is 0 Å². The highest BCUT2D eigenvalue weighted by Crippen LogP contribution is 2.31. The van der Waals surface area contributed by atoms with Gasteiger partial charge in [-0.1, -0.05) is 12.1 Å². The van der Waals surface area contributed by atoms with Gasteiger partial charge in [0, 0.05) is 29.3 Å². The van der Waals surface area contributed by atoms with Gasteiger partial charge in [-0.05, 0) is 42.8 Å². The number of carbonyl (C=O) groups excluding carboxylic acids is 1. The Bertz CT molecular complexity index is 949. The molecular weight excluding hydrogens is 302 g/mol. The fourth-order valence-electron chi connectivity index (χ4n) is 2.72. The van der Waals surface area contributed by atoms with E-state index in [1.807, 2.05) is 31.2 Å². The van der Waals surface area contributed by atoms with Gasteiger partial charge >= 0.3 is 0 Å². The molecule has 1 aliphatic carbocycles. The molecule has 1 aromatic carbocycles. The van der Waals surface area contributed by atoms with Gasteiger partial charge in [-0.25, -0.2) is 15.0 Å². The maximum absolute atomic E-state index is 11.8. The molecule has 3 aromatic rings. The number of aryl methyl sites for hydroxylation is 1. The lowest BCUT2D eigenvalue weighted by molar-refractivity contribution is -0.117. The Morgan fingerprint density at radius 1 is 1.17 bits per heavy atom. The highest BCUT2D eigenvalue weighted by atomic mass is 16.2. The number of anilines is 2. The van der Waals surface area contributed by atoms with Crippen LogP contribution in [0, 0.1) is 12.8 Å². The quantitative estimate of drug-likeness (QED) is 0.774. The lowest BCUT2D eigenvalue weighted by Crippen LogP contribution is -2.14. The van der Waals surface area contributed by atoms with E-state index in [-0.39, 0.29) is 17.8 Å². The molecule has 3 N–H and O–H groups in total. The third kappa shape index (κ3) is 2.78. The van der Waals surface area contributed by atoms with E-state index in [1.165, 1.54) is 0 Å². The molecule has 0 unspecified atom stereocenters. The summed E-state index contributed by atoms with van der Waals surface area (Å²) in [5.41, 5.74) is 8.40. The zero-order valence-electron chi connectivity index (χ0n) is 13.3. The number of fused-ring (bicyclic) bond motifs is 1. The van der Waals surface area contributed by atoms with Gasteiger partial charge in [0.2, 0.25) is 11.9 Å². The first-order valence-electron chi connectivity index (χ1n) is 7.90. The predicted molar refractivity (Wildman–Crippen MR) is 93.3 cm³/mol. The first-order chi connectivity index (χ1) is 11.6. The zero-order valence-corrected chi connectivity index (χ0v) is 13.3. The predicted octanol–water partition coefficient (Wildman–Crippen LogP) is 2.93. The number of hydrogen-bond acceptors (Lipinski definition) is 5. The van der Waals surface area contributed by atoms with Crippen LogP contribution in [0.3, 0.4) is 0 Å². The fourth-order valence-corrected chi connectivity index (χ4v) is 2.72. The number of nitrogens with one attached hydrogen (secondary N) is 1. The second-order valence-electron chi connectivity index (χ2n) is 6.12. The first-order valence-corrected chi connectivity index (χ1v) is 7.90. The van der Waals surface area contributed by atoms with Gasteiger partial charge in [-0.15, -0.1) is 0 Å². The molecule has 6 nitrogen and oxygen atoms in total. The summed E-state index contributed by atoms with van der Waals surface area (Å²) in [4.78, 5) is 24.5. The van der Waals surface area contributed by atoms with Crippen molar-refractivity contribution in [2.45, 2.75) is 19.8 Å². The van der Waals surface area contributed by atoms with Crippen molar-refractivity contribution >= 4 is 28.4 Å². The van der Waals surface area contributed by atoms with Crippen LogP contribution in [0.2, 0.25) is 0 Å². The Balaban J connectivity index is 1.67. The molecule has 0 saturated heterocycles. The molecule has 6 heteroatoms. The maximum atomic E-state index is 11.8. The first kappa shape index (κ1) is 14.6. The number of rotatable bonds is 3. The summed E-state index contributed by atoms with van der Waals surface area (Å²) >= 11 is 0. The third-order valence-electron chi connectivity index (χ3n) is 4.23. The molecule has 120 valence electrons. The molecule has 24 heavy (non-hydrogen) atoms. The summed E-state index contributed by atoms with van der Waals surface area (Å²) in [6, 6.07) is 7.95. The van der Waals surface area contributed by atoms with Crippen LogP contribution < -0.4 is 11.1 Å². The summed E-state index contributed by atoms with van der Waals surface area (Å²) < 4.78 is 0. The molecule has 0 atom stereocenters. The number of benzene rings is 1. The minimum absolute atomic E-state index is 0.0631. The number of carbonyl (C=O) groups is 1. The van der Waals surface area contributed by atoms with Crippen LogP contribution in [0.25, 0.3) is 21.9 Å². The van der Waals surface area contributed by atoms with Gasteiger partial charge in [0.15, 0.2) is 0 Å². The molecule has 1 amide bonds. The van der Waals surface area contributed by atoms with Gasteiger partial charge in [-0.2, -0.15) is 0 Å². The molecular formula is C18H17N5O. The van der Waals surface area contributed by atoms with Crippen LogP contribution in [0.4, 0.5) is 11.8 Å². The zero-order chi connectivity index (χ0) is 16.7. The van der Waals surface area contributed by atoms with E-state index in [0.717, 1.165) is 40.4 Å². The molecule has 0 radical (unpaired) electrons. The van der Waals surface area contributed by atoms with Crippen molar-refractivity contribution in [2.75, 3.05) is 11.1 Å². The Kier molecular flexibility index (Phi) is 3.37. The number of nitrogen functional groups attached to an aromatic ring is 1. The molecule has 4 rings (SSSR count). The van der Waals surface area contributed by atoms with Crippen molar-refractivity contribution in [3.63, 3.8) is 0 Å². The van der Waals surface area contributed by atoms with Gasteiger partial charge in [0.25, 0.3) is 0 Å². The van der Waals surface area contributed by atoms with Crippen molar-refractivity contribution in [1.29, 1.82) is 0 Å². The number of pyridine rings is 1. The molecule has 1 saturated carbocycles. The summed E-state index contributed by atoms with van der Waals surface area (Å²) in [6.45, 7) is 1.91. The largest absolute Gasteiger partial charge is 0.368 e. The van der Waals surface area contributed by atoms with Crippen molar-refractivity contribution in [3.8, 4) is 11.1 Å². The van der Waals surface area contributed by atoms with Gasteiger partial charge in [-0.3, -0.25) is 4.79 Å². The second kappa shape index (κ2) is 5.56. The Morgan fingerprint density at radius 2 is 2.00 bits per heavy atom. The number of amides is 1. The highest BCUT2D eigenvalue weighted by molar-refractivity contribution is 5.96. The smallest absolute Gasteiger partial charge is 0.228 e. The van der Waals surface area contributed by atoms with Crippen molar-refractivity contribution in [1.82, 2.24) is 15.0 Å². The van der Waals surface area contributed by atoms with Crippen LogP contribution in [-0.2, 0) is 4.79 Å². The molecule has 0 aliphatic heterocycles. The number of nitrogens with two attached hydrogens (primary N) is 1. The third-order valence-corrected chi connectivity index (χ3v) is 4.23. The molecule has 0 bridgehead atoms. The number of nitrogens with zero attached hydrogens (tertiary/aromatic N) is 3. The van der Waals surface area contributed by atoms with E-state index in [4.69, 9.17) is 5.73 Å². The average Bonchev–Trinajstić information content (AvgIpc) is 3.39. The van der Waals surface area contributed by atoms with E-state index >= 15 is 0 Å². The Hall–Kier alpha value is -3.02. The Morgan fingerprint density at radius 3 is 2.75 bits per heavy atom. The van der Waals surface area contributed by atoms with Crippen LogP contribution in [-0.4, -0.2) is 20.9 Å². The van der Waals surface area contributed by atoms with Crippen LogP contribution in [0.15, 0.2) is 36.7 Å². The molecule has 2 aromatic heterocycles. The maximum Gasteiger partial charge on any atom is 0.228 e. The Labute approximate surface area is 139 Å². The summed E-state index contributed by atoms with van der Waals surface area (Å²) in [6.07, 6.45) is 5.46. The second-order valence-corrected chi connectivity index (χ2v) is 6.12. The van der Waals surface area contributed by atoms with E-state index in [9.17, 15) is 4.79 Å². The van der Waals surface area contributed by atoms with Crippen molar-refractivity contribution < 1.29 is 4.79 Å². The lowest BCUT2D eigenvalue weighted by atomic mass is 10.0. The van der Waals surface area contributed by atoms with Gasteiger partial charge in [0.1, 0.15) is 5.82 Å². The molecule has 0 spiro atoms.